The Balaban J connectivity index is 1.91. The first-order valence-corrected chi connectivity index (χ1v) is 9.96. The highest BCUT2D eigenvalue weighted by molar-refractivity contribution is 6.30. The first kappa shape index (κ1) is 20.0. The number of hydrogen-bond acceptors (Lipinski definition) is 4. The Morgan fingerprint density at radius 3 is 2.63 bits per heavy atom. The van der Waals surface area contributed by atoms with Crippen LogP contribution in [0.4, 0.5) is 0 Å². The van der Waals surface area contributed by atoms with Crippen molar-refractivity contribution in [3.63, 3.8) is 0 Å². The zero-order valence-corrected chi connectivity index (χ0v) is 17.0. The Hall–Kier alpha value is -1.75. The molecule has 3 rings (SSSR count). The summed E-state index contributed by atoms with van der Waals surface area (Å²) in [5, 5.41) is 0.690. The van der Waals surface area contributed by atoms with Gasteiger partial charge in [-0.3, -0.25) is 4.90 Å². The zero-order chi connectivity index (χ0) is 19.2. The normalized spacial score (nSPS) is 19.1. The molecule has 2 unspecified atom stereocenters. The van der Waals surface area contributed by atoms with Gasteiger partial charge in [0.05, 0.1) is 13.2 Å². The van der Waals surface area contributed by atoms with Crippen LogP contribution in [-0.4, -0.2) is 43.3 Å². The summed E-state index contributed by atoms with van der Waals surface area (Å²) in [5.74, 6) is 1.46. The van der Waals surface area contributed by atoms with E-state index in [1.165, 1.54) is 0 Å². The summed E-state index contributed by atoms with van der Waals surface area (Å²) in [5.41, 5.74) is 1.00. The third-order valence-corrected chi connectivity index (χ3v) is 5.01. The number of halogens is 1. The van der Waals surface area contributed by atoms with Gasteiger partial charge in [0, 0.05) is 24.2 Å². The molecule has 2 aromatic rings. The van der Waals surface area contributed by atoms with Crippen LogP contribution < -0.4 is 9.47 Å². The molecule has 1 fully saturated rings. The van der Waals surface area contributed by atoms with Crippen LogP contribution in [0.1, 0.15) is 32.4 Å². The molecule has 0 amide bonds. The quantitative estimate of drug-likeness (QED) is 0.669. The monoisotopic (exact) mass is 389 g/mol. The van der Waals surface area contributed by atoms with Gasteiger partial charge < -0.3 is 14.2 Å². The highest BCUT2D eigenvalue weighted by atomic mass is 35.5. The number of rotatable bonds is 7. The van der Waals surface area contributed by atoms with E-state index in [0.717, 1.165) is 30.2 Å². The molecule has 4 nitrogen and oxygen atoms in total. The molecular formula is C22H28ClNO3. The molecule has 0 aromatic heterocycles. The van der Waals surface area contributed by atoms with Gasteiger partial charge >= 0.3 is 0 Å². The summed E-state index contributed by atoms with van der Waals surface area (Å²) >= 11 is 6.26. The lowest BCUT2D eigenvalue weighted by atomic mass is 10.0. The van der Waals surface area contributed by atoms with E-state index in [1.54, 1.807) is 0 Å². The highest BCUT2D eigenvalue weighted by Gasteiger charge is 2.32. The van der Waals surface area contributed by atoms with Crippen LogP contribution in [0.15, 0.2) is 48.5 Å². The lowest BCUT2D eigenvalue weighted by Crippen LogP contribution is -2.48. The third kappa shape index (κ3) is 5.16. The van der Waals surface area contributed by atoms with Gasteiger partial charge in [0.2, 0.25) is 0 Å². The van der Waals surface area contributed by atoms with Crippen molar-refractivity contribution in [2.45, 2.75) is 39.0 Å². The third-order valence-electron chi connectivity index (χ3n) is 4.77. The molecule has 2 atom stereocenters. The van der Waals surface area contributed by atoms with E-state index in [1.807, 2.05) is 55.5 Å². The number of hydrogen-bond donors (Lipinski definition) is 0. The van der Waals surface area contributed by atoms with Crippen molar-refractivity contribution in [1.82, 2.24) is 4.90 Å². The van der Waals surface area contributed by atoms with Gasteiger partial charge in [-0.15, -0.1) is 0 Å². The largest absolute Gasteiger partial charge is 0.490 e. The Morgan fingerprint density at radius 1 is 1.15 bits per heavy atom. The van der Waals surface area contributed by atoms with Crippen LogP contribution in [0, 0.1) is 0 Å². The molecule has 1 heterocycles. The van der Waals surface area contributed by atoms with E-state index in [2.05, 4.69) is 18.7 Å². The molecule has 0 aliphatic carbocycles. The Labute approximate surface area is 167 Å². The topological polar surface area (TPSA) is 30.9 Å². The molecule has 0 radical (unpaired) electrons. The molecule has 27 heavy (non-hydrogen) atoms. The molecule has 1 aliphatic rings. The van der Waals surface area contributed by atoms with E-state index in [9.17, 15) is 0 Å². The minimum atomic E-state index is -0.271. The van der Waals surface area contributed by atoms with Crippen molar-refractivity contribution in [3.8, 4) is 11.5 Å². The molecular weight excluding hydrogens is 362 g/mol. The molecule has 1 saturated heterocycles. The molecule has 1 aliphatic heterocycles. The standard InChI is InChI=1S/C22H28ClNO3/c1-4-25-19-10-5-6-11-20(19)27-22(17-8-7-9-18(23)14-17)21-15-24(16(2)3)12-13-26-21/h5-11,14,16,21-22H,4,12-13,15H2,1-3H3. The van der Waals surface area contributed by atoms with Crippen LogP contribution >= 0.6 is 11.6 Å². The molecule has 0 N–H and O–H groups in total. The zero-order valence-electron chi connectivity index (χ0n) is 16.2. The number of nitrogens with zero attached hydrogens (tertiary/aromatic N) is 1. The van der Waals surface area contributed by atoms with Crippen LogP contribution in [-0.2, 0) is 4.74 Å². The average Bonchev–Trinajstić information content (AvgIpc) is 2.67. The number of ether oxygens (including phenoxy) is 3. The SMILES string of the molecule is CCOc1ccccc1OC(c1cccc(Cl)c1)C1CN(C(C)C)CCO1. The maximum atomic E-state index is 6.47. The van der Waals surface area contributed by atoms with Crippen LogP contribution in [0.2, 0.25) is 5.02 Å². The van der Waals surface area contributed by atoms with E-state index < -0.39 is 0 Å². The Bertz CT molecular complexity index is 737. The van der Waals surface area contributed by atoms with Gasteiger partial charge in [-0.2, -0.15) is 0 Å². The van der Waals surface area contributed by atoms with Crippen molar-refractivity contribution in [2.24, 2.45) is 0 Å². The number of para-hydroxylation sites is 2. The van der Waals surface area contributed by atoms with Crippen LogP contribution in [0.3, 0.4) is 0 Å². The second kappa shape index (κ2) is 9.45. The van der Waals surface area contributed by atoms with E-state index in [0.29, 0.717) is 24.3 Å². The summed E-state index contributed by atoms with van der Waals surface area (Å²) in [4.78, 5) is 2.42. The number of benzene rings is 2. The summed E-state index contributed by atoms with van der Waals surface area (Å²) in [6.45, 7) is 9.41. The van der Waals surface area contributed by atoms with Gasteiger partial charge in [0.1, 0.15) is 6.10 Å². The van der Waals surface area contributed by atoms with E-state index in [-0.39, 0.29) is 12.2 Å². The molecule has 5 heteroatoms. The minimum absolute atomic E-state index is 0.0886. The van der Waals surface area contributed by atoms with Crippen molar-refractivity contribution in [2.75, 3.05) is 26.3 Å². The summed E-state index contributed by atoms with van der Waals surface area (Å²) in [6, 6.07) is 16.0. The van der Waals surface area contributed by atoms with Crippen molar-refractivity contribution in [3.05, 3.63) is 59.1 Å². The summed E-state index contributed by atoms with van der Waals surface area (Å²) in [6.07, 6.45) is -0.360. The van der Waals surface area contributed by atoms with E-state index in [4.69, 9.17) is 25.8 Å². The van der Waals surface area contributed by atoms with Crippen LogP contribution in [0.5, 0.6) is 11.5 Å². The summed E-state index contributed by atoms with van der Waals surface area (Å²) in [7, 11) is 0. The average molecular weight is 390 g/mol. The van der Waals surface area contributed by atoms with Crippen molar-refractivity contribution < 1.29 is 14.2 Å². The van der Waals surface area contributed by atoms with Gasteiger partial charge in [0.15, 0.2) is 17.6 Å². The van der Waals surface area contributed by atoms with E-state index >= 15 is 0 Å². The smallest absolute Gasteiger partial charge is 0.162 e. The van der Waals surface area contributed by atoms with Crippen LogP contribution in [0.25, 0.3) is 0 Å². The fourth-order valence-corrected chi connectivity index (χ4v) is 3.55. The molecule has 0 saturated carbocycles. The Kier molecular flexibility index (Phi) is 7.00. The first-order valence-electron chi connectivity index (χ1n) is 9.58. The molecule has 0 bridgehead atoms. The predicted octanol–water partition coefficient (Wildman–Crippen LogP) is 4.97. The van der Waals surface area contributed by atoms with Gasteiger partial charge in [-0.1, -0.05) is 35.9 Å². The minimum Gasteiger partial charge on any atom is -0.490 e. The first-order chi connectivity index (χ1) is 13.1. The number of morpholine rings is 1. The fraction of sp³-hybridized carbons (Fsp3) is 0.455. The second-order valence-corrected chi connectivity index (χ2v) is 7.41. The Morgan fingerprint density at radius 2 is 1.93 bits per heavy atom. The lowest BCUT2D eigenvalue weighted by molar-refractivity contribution is -0.0889. The van der Waals surface area contributed by atoms with Gasteiger partial charge in [0.25, 0.3) is 0 Å². The van der Waals surface area contributed by atoms with Gasteiger partial charge in [-0.05, 0) is 50.6 Å². The molecule has 0 spiro atoms. The maximum Gasteiger partial charge on any atom is 0.162 e. The molecule has 2 aromatic carbocycles. The second-order valence-electron chi connectivity index (χ2n) is 6.97. The van der Waals surface area contributed by atoms with Crippen molar-refractivity contribution in [1.29, 1.82) is 0 Å². The maximum absolute atomic E-state index is 6.47. The van der Waals surface area contributed by atoms with Gasteiger partial charge in [-0.25, -0.2) is 0 Å². The highest BCUT2D eigenvalue weighted by Crippen LogP contribution is 2.35. The summed E-state index contributed by atoms with van der Waals surface area (Å²) < 4.78 is 18.3. The van der Waals surface area contributed by atoms with Crippen molar-refractivity contribution >= 4 is 11.6 Å². The molecule has 146 valence electrons. The fourth-order valence-electron chi connectivity index (χ4n) is 3.35. The lowest BCUT2D eigenvalue weighted by Gasteiger charge is -2.39. The predicted molar refractivity (Wildman–Crippen MR) is 109 cm³/mol.